The molecule has 1 N–H and O–H groups in total. The minimum Gasteiger partial charge on any atom is -0.484 e. The van der Waals surface area contributed by atoms with Gasteiger partial charge in [-0.2, -0.15) is 0 Å². The van der Waals surface area contributed by atoms with Gasteiger partial charge in [0.25, 0.3) is 0 Å². The van der Waals surface area contributed by atoms with Gasteiger partial charge in [0.1, 0.15) is 11.9 Å². The highest BCUT2D eigenvalue weighted by atomic mass is 35.5. The van der Waals surface area contributed by atoms with E-state index < -0.39 is 6.10 Å². The van der Waals surface area contributed by atoms with Crippen molar-refractivity contribution in [1.82, 2.24) is 0 Å². The van der Waals surface area contributed by atoms with Crippen LogP contribution < -0.4 is 4.74 Å². The second-order valence-electron chi connectivity index (χ2n) is 4.06. The van der Waals surface area contributed by atoms with Crippen molar-refractivity contribution in [1.29, 1.82) is 0 Å². The number of ether oxygens (including phenoxy) is 1. The van der Waals surface area contributed by atoms with E-state index in [1.165, 1.54) is 0 Å². The minimum atomic E-state index is -0.510. The molecule has 2 atom stereocenters. The first-order valence-electron chi connectivity index (χ1n) is 5.41. The van der Waals surface area contributed by atoms with Gasteiger partial charge in [0.2, 0.25) is 0 Å². The summed E-state index contributed by atoms with van der Waals surface area (Å²) in [5.74, 6) is 0.728. The number of benzene rings is 1. The van der Waals surface area contributed by atoms with Gasteiger partial charge in [0.05, 0.1) is 6.10 Å². The summed E-state index contributed by atoms with van der Waals surface area (Å²) in [4.78, 5) is 1.14. The van der Waals surface area contributed by atoms with Gasteiger partial charge in [0.15, 0.2) is 0 Å². The van der Waals surface area contributed by atoms with Gasteiger partial charge in [-0.25, -0.2) is 0 Å². The lowest BCUT2D eigenvalue weighted by molar-refractivity contribution is 0.0674. The Balaban J connectivity index is 1.96. The number of rotatable bonds is 1. The minimum absolute atomic E-state index is 0.0568. The average Bonchev–Trinajstić information content (AvgIpc) is 2.83. The molecule has 0 spiro atoms. The maximum Gasteiger partial charge on any atom is 0.136 e. The fourth-order valence-corrected chi connectivity index (χ4v) is 3.01. The first-order chi connectivity index (χ1) is 8.24. The second-order valence-corrected chi connectivity index (χ2v) is 5.47. The van der Waals surface area contributed by atoms with E-state index in [9.17, 15) is 5.11 Å². The van der Waals surface area contributed by atoms with Crippen LogP contribution in [-0.2, 0) is 0 Å². The van der Waals surface area contributed by atoms with Crippen LogP contribution in [0.1, 0.15) is 29.1 Å². The fraction of sp³-hybridized carbons (Fsp3) is 0.231. The lowest BCUT2D eigenvalue weighted by Crippen LogP contribution is -2.18. The molecule has 0 saturated carbocycles. The van der Waals surface area contributed by atoms with Crippen LogP contribution in [0.2, 0.25) is 5.02 Å². The third-order valence-electron chi connectivity index (χ3n) is 2.90. The summed E-state index contributed by atoms with van der Waals surface area (Å²) in [5.41, 5.74) is 0.783. The molecular formula is C13H11ClO2S. The molecule has 2 aromatic rings. The molecule has 0 fully saturated rings. The number of hydrogen-bond donors (Lipinski definition) is 1. The molecule has 4 heteroatoms. The largest absolute Gasteiger partial charge is 0.484 e. The van der Waals surface area contributed by atoms with Crippen molar-refractivity contribution < 1.29 is 9.84 Å². The van der Waals surface area contributed by atoms with Crippen LogP contribution in [0, 0.1) is 0 Å². The summed E-state index contributed by atoms with van der Waals surface area (Å²) >= 11 is 7.56. The van der Waals surface area contributed by atoms with Crippen molar-refractivity contribution in [3.63, 3.8) is 0 Å². The molecule has 1 unspecified atom stereocenters. The topological polar surface area (TPSA) is 29.5 Å². The van der Waals surface area contributed by atoms with Crippen LogP contribution >= 0.6 is 22.9 Å². The Bertz CT molecular complexity index is 524. The van der Waals surface area contributed by atoms with Gasteiger partial charge in [-0.05, 0) is 29.6 Å². The summed E-state index contributed by atoms with van der Waals surface area (Å²) in [5, 5.41) is 12.8. The van der Waals surface area contributed by atoms with Gasteiger partial charge in [-0.15, -0.1) is 11.3 Å². The predicted octanol–water partition coefficient (Wildman–Crippen LogP) is 3.96. The predicted molar refractivity (Wildman–Crippen MR) is 68.7 cm³/mol. The highest BCUT2D eigenvalue weighted by Gasteiger charge is 2.28. The number of aliphatic hydroxyl groups excluding tert-OH is 1. The maximum atomic E-state index is 10.1. The van der Waals surface area contributed by atoms with Crippen molar-refractivity contribution in [2.75, 3.05) is 0 Å². The van der Waals surface area contributed by atoms with Gasteiger partial charge in [0, 0.05) is 21.9 Å². The Labute approximate surface area is 108 Å². The van der Waals surface area contributed by atoms with E-state index in [0.29, 0.717) is 11.4 Å². The Kier molecular flexibility index (Phi) is 2.82. The third-order valence-corrected chi connectivity index (χ3v) is 4.10. The zero-order valence-corrected chi connectivity index (χ0v) is 10.5. The standard InChI is InChI=1S/C13H11ClO2S/c14-8-3-4-11-9(6-8)10(15)7-12(16-11)13-2-1-5-17-13/h1-6,10,12,15H,7H2/t10-,12?/m0/s1. The molecule has 17 heavy (non-hydrogen) atoms. The van der Waals surface area contributed by atoms with Crippen molar-refractivity contribution >= 4 is 22.9 Å². The lowest BCUT2D eigenvalue weighted by Gasteiger charge is -2.29. The normalized spacial score (nSPS) is 22.9. The molecule has 2 nitrogen and oxygen atoms in total. The molecule has 1 aromatic heterocycles. The van der Waals surface area contributed by atoms with Gasteiger partial charge < -0.3 is 9.84 Å². The van der Waals surface area contributed by atoms with Crippen LogP contribution in [0.15, 0.2) is 35.7 Å². The molecule has 0 radical (unpaired) electrons. The van der Waals surface area contributed by atoms with E-state index in [1.54, 1.807) is 23.5 Å². The summed E-state index contributed by atoms with van der Waals surface area (Å²) < 4.78 is 5.89. The lowest BCUT2D eigenvalue weighted by atomic mass is 9.98. The Morgan fingerprint density at radius 2 is 2.24 bits per heavy atom. The summed E-state index contributed by atoms with van der Waals surface area (Å²) in [7, 11) is 0. The smallest absolute Gasteiger partial charge is 0.136 e. The summed E-state index contributed by atoms with van der Waals surface area (Å²) in [6, 6.07) is 9.40. The molecule has 1 aliphatic rings. The Morgan fingerprint density at radius 1 is 1.35 bits per heavy atom. The first-order valence-corrected chi connectivity index (χ1v) is 6.67. The molecule has 0 amide bonds. The second kappa shape index (κ2) is 4.33. The van der Waals surface area contributed by atoms with Crippen molar-refractivity contribution in [2.24, 2.45) is 0 Å². The van der Waals surface area contributed by atoms with Crippen LogP contribution in [-0.4, -0.2) is 5.11 Å². The highest BCUT2D eigenvalue weighted by molar-refractivity contribution is 7.10. The molecule has 0 bridgehead atoms. The van der Waals surface area contributed by atoms with E-state index in [-0.39, 0.29) is 6.10 Å². The van der Waals surface area contributed by atoms with E-state index in [4.69, 9.17) is 16.3 Å². The van der Waals surface area contributed by atoms with Crippen LogP contribution in [0.5, 0.6) is 5.75 Å². The third kappa shape index (κ3) is 2.06. The SMILES string of the molecule is O[C@H]1CC(c2cccs2)Oc2ccc(Cl)cc21. The van der Waals surface area contributed by atoms with Crippen LogP contribution in [0.4, 0.5) is 0 Å². The van der Waals surface area contributed by atoms with E-state index in [0.717, 1.165) is 16.2 Å². The maximum absolute atomic E-state index is 10.1. The zero-order chi connectivity index (χ0) is 11.8. The first kappa shape index (κ1) is 11.1. The molecule has 0 aliphatic carbocycles. The van der Waals surface area contributed by atoms with E-state index >= 15 is 0 Å². The molecule has 2 heterocycles. The molecule has 88 valence electrons. The molecule has 0 saturated heterocycles. The average molecular weight is 267 g/mol. The van der Waals surface area contributed by atoms with E-state index in [2.05, 4.69) is 0 Å². The molecule has 3 rings (SSSR count). The zero-order valence-electron chi connectivity index (χ0n) is 8.97. The Hall–Kier alpha value is -1.03. The van der Waals surface area contributed by atoms with E-state index in [1.807, 2.05) is 23.6 Å². The monoisotopic (exact) mass is 266 g/mol. The van der Waals surface area contributed by atoms with Gasteiger partial charge in [-0.3, -0.25) is 0 Å². The van der Waals surface area contributed by atoms with Crippen LogP contribution in [0.3, 0.4) is 0 Å². The molecule has 1 aromatic carbocycles. The number of aliphatic hydroxyl groups is 1. The van der Waals surface area contributed by atoms with Crippen LogP contribution in [0.25, 0.3) is 0 Å². The quantitative estimate of drug-likeness (QED) is 0.847. The van der Waals surface area contributed by atoms with Crippen molar-refractivity contribution in [2.45, 2.75) is 18.6 Å². The van der Waals surface area contributed by atoms with Crippen molar-refractivity contribution in [3.05, 3.63) is 51.2 Å². The number of hydrogen-bond acceptors (Lipinski definition) is 3. The van der Waals surface area contributed by atoms with Gasteiger partial charge >= 0.3 is 0 Å². The number of fused-ring (bicyclic) bond motifs is 1. The number of thiophene rings is 1. The summed E-state index contributed by atoms with van der Waals surface area (Å²) in [6.07, 6.45) is 0.0108. The molecule has 1 aliphatic heterocycles. The Morgan fingerprint density at radius 3 is 3.00 bits per heavy atom. The van der Waals surface area contributed by atoms with Crippen molar-refractivity contribution in [3.8, 4) is 5.75 Å². The molecular weight excluding hydrogens is 256 g/mol. The van der Waals surface area contributed by atoms with Gasteiger partial charge in [-0.1, -0.05) is 17.7 Å². The highest BCUT2D eigenvalue weighted by Crippen LogP contribution is 2.42. The summed E-state index contributed by atoms with van der Waals surface area (Å²) in [6.45, 7) is 0. The fourth-order valence-electron chi connectivity index (χ4n) is 2.07. The number of halogens is 1.